The molecule has 0 fully saturated rings. The third-order valence-corrected chi connectivity index (χ3v) is 4.20. The van der Waals surface area contributed by atoms with Crippen molar-refractivity contribution in [2.24, 2.45) is 5.73 Å². The Balaban J connectivity index is 2.35. The molecule has 0 saturated carbocycles. The first kappa shape index (κ1) is 13.6. The lowest BCUT2D eigenvalue weighted by atomic mass is 10.2. The summed E-state index contributed by atoms with van der Waals surface area (Å²) in [5.74, 6) is 0. The first-order valence-corrected chi connectivity index (χ1v) is 7.39. The van der Waals surface area contributed by atoms with E-state index in [9.17, 15) is 8.42 Å². The Morgan fingerprint density at radius 1 is 1.11 bits per heavy atom. The second kappa shape index (κ2) is 5.42. The van der Waals surface area contributed by atoms with Crippen molar-refractivity contribution in [2.75, 3.05) is 4.72 Å². The van der Waals surface area contributed by atoms with E-state index < -0.39 is 10.0 Å². The van der Waals surface area contributed by atoms with Crippen LogP contribution < -0.4 is 10.5 Å². The highest BCUT2D eigenvalue weighted by molar-refractivity contribution is 7.92. The summed E-state index contributed by atoms with van der Waals surface area (Å²) in [6.07, 6.45) is 0. The van der Waals surface area contributed by atoms with Crippen molar-refractivity contribution < 1.29 is 8.42 Å². The number of rotatable bonds is 4. The van der Waals surface area contributed by atoms with Crippen LogP contribution in [0.1, 0.15) is 11.1 Å². The quantitative estimate of drug-likeness (QED) is 0.899. The fraction of sp³-hybridized carbons (Fsp3) is 0.143. The molecule has 2 aromatic carbocycles. The van der Waals surface area contributed by atoms with Crippen molar-refractivity contribution in [1.82, 2.24) is 0 Å². The van der Waals surface area contributed by atoms with Gasteiger partial charge in [-0.2, -0.15) is 0 Å². The summed E-state index contributed by atoms with van der Waals surface area (Å²) in [5, 5.41) is 0. The van der Waals surface area contributed by atoms with Gasteiger partial charge in [-0.3, -0.25) is 4.72 Å². The number of hydrogen-bond acceptors (Lipinski definition) is 3. The Morgan fingerprint density at radius 2 is 1.84 bits per heavy atom. The van der Waals surface area contributed by atoms with E-state index in [0.29, 0.717) is 12.2 Å². The Labute approximate surface area is 113 Å². The predicted molar refractivity (Wildman–Crippen MR) is 76.3 cm³/mol. The molecule has 0 spiro atoms. The molecule has 0 aliphatic carbocycles. The minimum absolute atomic E-state index is 0.221. The van der Waals surface area contributed by atoms with E-state index in [-0.39, 0.29) is 4.90 Å². The minimum atomic E-state index is -3.57. The van der Waals surface area contributed by atoms with Crippen molar-refractivity contribution in [1.29, 1.82) is 0 Å². The van der Waals surface area contributed by atoms with Gasteiger partial charge in [-0.1, -0.05) is 30.3 Å². The summed E-state index contributed by atoms with van der Waals surface area (Å²) in [6.45, 7) is 2.17. The molecule has 0 aromatic heterocycles. The fourth-order valence-corrected chi connectivity index (χ4v) is 2.93. The van der Waals surface area contributed by atoms with Crippen LogP contribution in [0.3, 0.4) is 0 Å². The first-order valence-electron chi connectivity index (χ1n) is 5.90. The van der Waals surface area contributed by atoms with Crippen molar-refractivity contribution in [3.8, 4) is 0 Å². The Morgan fingerprint density at radius 3 is 2.53 bits per heavy atom. The zero-order chi connectivity index (χ0) is 13.9. The van der Waals surface area contributed by atoms with Crippen molar-refractivity contribution in [3.05, 3.63) is 59.7 Å². The lowest BCUT2D eigenvalue weighted by molar-refractivity contribution is 0.601. The van der Waals surface area contributed by atoms with Crippen molar-refractivity contribution in [3.63, 3.8) is 0 Å². The van der Waals surface area contributed by atoms with Gasteiger partial charge in [0, 0.05) is 6.54 Å². The fourth-order valence-electron chi connectivity index (χ4n) is 1.73. The lowest BCUT2D eigenvalue weighted by Gasteiger charge is -2.11. The molecule has 19 heavy (non-hydrogen) atoms. The maximum atomic E-state index is 12.3. The Kier molecular flexibility index (Phi) is 3.87. The molecule has 2 aromatic rings. The highest BCUT2D eigenvalue weighted by Gasteiger charge is 2.15. The van der Waals surface area contributed by atoms with Gasteiger partial charge < -0.3 is 5.73 Å². The van der Waals surface area contributed by atoms with Crippen molar-refractivity contribution >= 4 is 15.7 Å². The summed E-state index contributed by atoms with van der Waals surface area (Å²) in [5.41, 5.74) is 7.77. The summed E-state index contributed by atoms with van der Waals surface area (Å²) in [4.78, 5) is 0.221. The van der Waals surface area contributed by atoms with E-state index in [1.54, 1.807) is 36.4 Å². The van der Waals surface area contributed by atoms with Crippen LogP contribution in [0.4, 0.5) is 5.69 Å². The number of benzene rings is 2. The van der Waals surface area contributed by atoms with Gasteiger partial charge in [0.2, 0.25) is 0 Å². The van der Waals surface area contributed by atoms with Crippen LogP contribution >= 0.6 is 0 Å². The second-order valence-corrected chi connectivity index (χ2v) is 5.95. The SMILES string of the molecule is Cc1ccccc1NS(=O)(=O)c1cccc(CN)c1. The highest BCUT2D eigenvalue weighted by Crippen LogP contribution is 2.19. The molecular weight excluding hydrogens is 260 g/mol. The van der Waals surface area contributed by atoms with Gasteiger partial charge in [0.1, 0.15) is 0 Å². The summed E-state index contributed by atoms with van der Waals surface area (Å²) < 4.78 is 27.1. The van der Waals surface area contributed by atoms with E-state index in [4.69, 9.17) is 5.73 Å². The molecule has 4 nitrogen and oxygen atoms in total. The number of hydrogen-bond donors (Lipinski definition) is 2. The minimum Gasteiger partial charge on any atom is -0.326 e. The molecular formula is C14H16N2O2S. The third-order valence-electron chi connectivity index (χ3n) is 2.83. The molecule has 0 aliphatic heterocycles. The number of aryl methyl sites for hydroxylation is 1. The Hall–Kier alpha value is -1.85. The van der Waals surface area contributed by atoms with Crippen LogP contribution in [0.15, 0.2) is 53.4 Å². The number of anilines is 1. The van der Waals surface area contributed by atoms with Gasteiger partial charge in [-0.05, 0) is 36.2 Å². The molecule has 0 radical (unpaired) electrons. The zero-order valence-corrected chi connectivity index (χ0v) is 11.4. The number of sulfonamides is 1. The monoisotopic (exact) mass is 276 g/mol. The smallest absolute Gasteiger partial charge is 0.261 e. The summed E-state index contributed by atoms with van der Waals surface area (Å²) in [6, 6.07) is 13.9. The van der Waals surface area contributed by atoms with E-state index in [1.165, 1.54) is 0 Å². The van der Waals surface area contributed by atoms with Gasteiger partial charge in [-0.15, -0.1) is 0 Å². The maximum absolute atomic E-state index is 12.3. The molecule has 0 saturated heterocycles. The average molecular weight is 276 g/mol. The standard InChI is InChI=1S/C14H16N2O2S/c1-11-5-2-3-8-14(11)16-19(17,18)13-7-4-6-12(9-13)10-15/h2-9,16H,10,15H2,1H3. The largest absolute Gasteiger partial charge is 0.326 e. The molecule has 0 atom stereocenters. The van der Waals surface area contributed by atoms with Crippen LogP contribution in [-0.2, 0) is 16.6 Å². The molecule has 2 rings (SSSR count). The van der Waals surface area contributed by atoms with Crippen LogP contribution in [0, 0.1) is 6.92 Å². The van der Waals surface area contributed by atoms with Crippen LogP contribution in [0.5, 0.6) is 0 Å². The number of nitrogens with one attached hydrogen (secondary N) is 1. The Bertz CT molecular complexity index is 681. The zero-order valence-electron chi connectivity index (χ0n) is 10.6. The second-order valence-electron chi connectivity index (χ2n) is 4.27. The van der Waals surface area contributed by atoms with Crippen LogP contribution in [0.25, 0.3) is 0 Å². The van der Waals surface area contributed by atoms with Crippen molar-refractivity contribution in [2.45, 2.75) is 18.4 Å². The molecule has 100 valence electrons. The molecule has 0 bridgehead atoms. The summed E-state index contributed by atoms with van der Waals surface area (Å²) in [7, 11) is -3.57. The number of para-hydroxylation sites is 1. The van der Waals surface area contributed by atoms with Gasteiger partial charge in [0.05, 0.1) is 10.6 Å². The first-order chi connectivity index (χ1) is 9.03. The van der Waals surface area contributed by atoms with E-state index >= 15 is 0 Å². The van der Waals surface area contributed by atoms with Crippen LogP contribution in [-0.4, -0.2) is 8.42 Å². The predicted octanol–water partition coefficient (Wildman–Crippen LogP) is 2.25. The average Bonchev–Trinajstić information content (AvgIpc) is 2.41. The molecule has 0 amide bonds. The van der Waals surface area contributed by atoms with Gasteiger partial charge >= 0.3 is 0 Å². The van der Waals surface area contributed by atoms with Crippen LogP contribution in [0.2, 0.25) is 0 Å². The van der Waals surface area contributed by atoms with Gasteiger partial charge in [0.25, 0.3) is 10.0 Å². The maximum Gasteiger partial charge on any atom is 0.261 e. The van der Waals surface area contributed by atoms with E-state index in [0.717, 1.165) is 11.1 Å². The number of nitrogens with two attached hydrogens (primary N) is 1. The van der Waals surface area contributed by atoms with E-state index in [2.05, 4.69) is 4.72 Å². The molecule has 0 heterocycles. The molecule has 0 aliphatic rings. The highest BCUT2D eigenvalue weighted by atomic mass is 32.2. The third kappa shape index (κ3) is 3.13. The molecule has 3 N–H and O–H groups in total. The van der Waals surface area contributed by atoms with Gasteiger partial charge in [0.15, 0.2) is 0 Å². The normalized spacial score (nSPS) is 11.3. The lowest BCUT2D eigenvalue weighted by Crippen LogP contribution is -2.14. The topological polar surface area (TPSA) is 72.2 Å². The van der Waals surface area contributed by atoms with E-state index in [1.807, 2.05) is 19.1 Å². The molecule has 5 heteroatoms. The van der Waals surface area contributed by atoms with Gasteiger partial charge in [-0.25, -0.2) is 8.42 Å². The molecule has 0 unspecified atom stereocenters. The summed E-state index contributed by atoms with van der Waals surface area (Å²) >= 11 is 0.